The molecule has 0 N–H and O–H groups in total. The molecule has 0 aromatic carbocycles. The van der Waals surface area contributed by atoms with E-state index >= 15 is 0 Å². The summed E-state index contributed by atoms with van der Waals surface area (Å²) >= 11 is 0. The smallest absolute Gasteiger partial charge is 0.177 e. The van der Waals surface area contributed by atoms with Crippen molar-refractivity contribution >= 4 is 21.4 Å². The van der Waals surface area contributed by atoms with Crippen LogP contribution >= 0.6 is 0 Å². The van der Waals surface area contributed by atoms with Gasteiger partial charge in [0, 0.05) is 6.42 Å². The number of hydrogen-bond donors (Lipinski definition) is 0. The van der Waals surface area contributed by atoms with Crippen LogP contribution in [0.1, 0.15) is 19.8 Å². The molecule has 12 heavy (non-hydrogen) atoms. The van der Waals surface area contributed by atoms with E-state index in [0.717, 1.165) is 6.92 Å². The summed E-state index contributed by atoms with van der Waals surface area (Å²) in [6, 6.07) is 0. The molecule has 1 aliphatic rings. The second kappa shape index (κ2) is 2.97. The van der Waals surface area contributed by atoms with Crippen LogP contribution < -0.4 is 0 Å². The van der Waals surface area contributed by atoms with Crippen LogP contribution in [0.15, 0.2) is 0 Å². The molecule has 68 valence electrons. The van der Waals surface area contributed by atoms with Gasteiger partial charge in [0.25, 0.3) is 0 Å². The van der Waals surface area contributed by atoms with Crippen molar-refractivity contribution in [2.75, 3.05) is 5.75 Å². The van der Waals surface area contributed by atoms with Crippen LogP contribution in [-0.4, -0.2) is 31.0 Å². The summed E-state index contributed by atoms with van der Waals surface area (Å²) in [6.07, 6.45) is 0.564. The minimum atomic E-state index is -3.47. The maximum Gasteiger partial charge on any atom is 0.177 e. The summed E-state index contributed by atoms with van der Waals surface area (Å²) in [4.78, 5) is 21.9. The zero-order valence-corrected chi connectivity index (χ0v) is 7.56. The van der Waals surface area contributed by atoms with Gasteiger partial charge >= 0.3 is 0 Å². The van der Waals surface area contributed by atoms with Gasteiger partial charge in [-0.3, -0.25) is 9.59 Å². The van der Waals surface area contributed by atoms with E-state index in [0.29, 0.717) is 6.42 Å². The number of carbonyl (C=O) groups excluding carboxylic acids is 2. The first-order valence-corrected chi connectivity index (χ1v) is 5.41. The van der Waals surface area contributed by atoms with Crippen LogP contribution in [0.3, 0.4) is 0 Å². The number of Topliss-reactive ketones (excluding diaryl/α,β-unsaturated/α-hetero) is 2. The molecule has 1 unspecified atom stereocenters. The summed E-state index contributed by atoms with van der Waals surface area (Å²) in [7, 11) is -3.47. The maximum atomic E-state index is 11.2. The van der Waals surface area contributed by atoms with E-state index in [4.69, 9.17) is 0 Å². The number of hydrogen-bond acceptors (Lipinski definition) is 4. The van der Waals surface area contributed by atoms with Crippen LogP contribution in [0, 0.1) is 0 Å². The largest absolute Gasteiger partial charge is 0.298 e. The summed E-state index contributed by atoms with van der Waals surface area (Å²) in [6.45, 7) is 1.14. The van der Waals surface area contributed by atoms with Crippen molar-refractivity contribution in [3.63, 3.8) is 0 Å². The van der Waals surface area contributed by atoms with E-state index < -0.39 is 26.7 Å². The molecule has 1 aliphatic heterocycles. The molecule has 0 saturated carbocycles. The van der Waals surface area contributed by atoms with Gasteiger partial charge in [-0.2, -0.15) is 0 Å². The molecule has 0 radical (unpaired) electrons. The van der Waals surface area contributed by atoms with Gasteiger partial charge in [-0.1, -0.05) is 0 Å². The van der Waals surface area contributed by atoms with Crippen LogP contribution in [0.5, 0.6) is 0 Å². The Morgan fingerprint density at radius 2 is 2.08 bits per heavy atom. The van der Waals surface area contributed by atoms with E-state index in [1.165, 1.54) is 0 Å². The lowest BCUT2D eigenvalue weighted by Gasteiger charge is -2.17. The molecule has 4 nitrogen and oxygen atoms in total. The van der Waals surface area contributed by atoms with Crippen molar-refractivity contribution < 1.29 is 18.0 Å². The third kappa shape index (κ3) is 1.55. The van der Waals surface area contributed by atoms with Crippen LogP contribution in [0.4, 0.5) is 0 Å². The summed E-state index contributed by atoms with van der Waals surface area (Å²) in [5, 5.41) is -1.37. The zero-order chi connectivity index (χ0) is 9.35. The summed E-state index contributed by atoms with van der Waals surface area (Å²) < 4.78 is 22.4. The van der Waals surface area contributed by atoms with Crippen LogP contribution in [0.2, 0.25) is 0 Å². The van der Waals surface area contributed by atoms with Gasteiger partial charge in [-0.15, -0.1) is 0 Å². The van der Waals surface area contributed by atoms with Gasteiger partial charge in [-0.05, 0) is 13.3 Å². The van der Waals surface area contributed by atoms with Crippen molar-refractivity contribution in [1.29, 1.82) is 0 Å². The highest BCUT2D eigenvalue weighted by atomic mass is 32.2. The van der Waals surface area contributed by atoms with Crippen LogP contribution in [0.25, 0.3) is 0 Å². The fraction of sp³-hybridized carbons (Fsp3) is 0.714. The Balaban J connectivity index is 3.05. The summed E-state index contributed by atoms with van der Waals surface area (Å²) in [5.74, 6) is -1.04. The van der Waals surface area contributed by atoms with Gasteiger partial charge in [0.2, 0.25) is 0 Å². The number of ketones is 2. The standard InChI is InChI=1S/C7H10O4S/c1-5(8)7-6(9)3-2-4-12(7,10)11/h7H,2-4H2,1H3. The van der Waals surface area contributed by atoms with Gasteiger partial charge in [0.15, 0.2) is 26.7 Å². The Bertz CT molecular complexity index is 314. The maximum absolute atomic E-state index is 11.2. The Labute approximate surface area is 70.9 Å². The lowest BCUT2D eigenvalue weighted by Crippen LogP contribution is -2.41. The fourth-order valence-corrected chi connectivity index (χ4v) is 3.18. The molecule has 0 aromatic heterocycles. The molecule has 0 aromatic rings. The molecule has 5 heteroatoms. The fourth-order valence-electron chi connectivity index (χ4n) is 1.38. The third-order valence-electron chi connectivity index (χ3n) is 1.87. The average molecular weight is 190 g/mol. The highest BCUT2D eigenvalue weighted by Crippen LogP contribution is 2.16. The van der Waals surface area contributed by atoms with Gasteiger partial charge in [-0.25, -0.2) is 8.42 Å². The van der Waals surface area contributed by atoms with Crippen molar-refractivity contribution in [3.05, 3.63) is 0 Å². The van der Waals surface area contributed by atoms with E-state index in [1.807, 2.05) is 0 Å². The minimum Gasteiger partial charge on any atom is -0.298 e. The molecule has 1 fully saturated rings. The molecule has 0 bridgehead atoms. The lowest BCUT2D eigenvalue weighted by molar-refractivity contribution is -0.125. The first-order valence-electron chi connectivity index (χ1n) is 3.70. The van der Waals surface area contributed by atoms with E-state index in [2.05, 4.69) is 0 Å². The average Bonchev–Trinajstić information content (AvgIpc) is 1.82. The van der Waals surface area contributed by atoms with Gasteiger partial charge in [0.05, 0.1) is 5.75 Å². The first-order chi connectivity index (χ1) is 5.45. The minimum absolute atomic E-state index is 0.0387. The van der Waals surface area contributed by atoms with Gasteiger partial charge in [0.1, 0.15) is 0 Å². The molecule has 1 heterocycles. The number of rotatable bonds is 1. The molecule has 1 saturated heterocycles. The molecule has 0 aliphatic carbocycles. The highest BCUT2D eigenvalue weighted by Gasteiger charge is 2.38. The molecule has 0 spiro atoms. The number of sulfone groups is 1. The quantitative estimate of drug-likeness (QED) is 0.533. The predicted octanol–water partition coefficient (Wildman–Crippen LogP) is -0.278. The molecule has 0 amide bonds. The zero-order valence-electron chi connectivity index (χ0n) is 6.74. The third-order valence-corrected chi connectivity index (χ3v) is 4.04. The van der Waals surface area contributed by atoms with Crippen molar-refractivity contribution in [1.82, 2.24) is 0 Å². The second-order valence-electron chi connectivity index (χ2n) is 2.93. The Morgan fingerprint density at radius 3 is 2.42 bits per heavy atom. The van der Waals surface area contributed by atoms with Gasteiger partial charge < -0.3 is 0 Å². The summed E-state index contributed by atoms with van der Waals surface area (Å²) in [5.41, 5.74) is 0. The first kappa shape index (κ1) is 9.38. The number of carbonyl (C=O) groups is 2. The lowest BCUT2D eigenvalue weighted by atomic mass is 10.1. The molecule has 1 rings (SSSR count). The Morgan fingerprint density at radius 1 is 1.50 bits per heavy atom. The monoisotopic (exact) mass is 190 g/mol. The molecular formula is C7H10O4S. The van der Waals surface area contributed by atoms with E-state index in [-0.39, 0.29) is 12.2 Å². The Hall–Kier alpha value is -0.710. The predicted molar refractivity (Wildman–Crippen MR) is 42.5 cm³/mol. The molecular weight excluding hydrogens is 180 g/mol. The SMILES string of the molecule is CC(=O)C1C(=O)CCCS1(=O)=O. The van der Waals surface area contributed by atoms with E-state index in [1.54, 1.807) is 0 Å². The molecule has 1 atom stereocenters. The topological polar surface area (TPSA) is 68.3 Å². The highest BCUT2D eigenvalue weighted by molar-refractivity contribution is 7.93. The van der Waals surface area contributed by atoms with Crippen molar-refractivity contribution in [2.24, 2.45) is 0 Å². The van der Waals surface area contributed by atoms with Crippen molar-refractivity contribution in [3.8, 4) is 0 Å². The van der Waals surface area contributed by atoms with Crippen molar-refractivity contribution in [2.45, 2.75) is 25.0 Å². The Kier molecular flexibility index (Phi) is 2.32. The van der Waals surface area contributed by atoms with Crippen LogP contribution in [-0.2, 0) is 19.4 Å². The van der Waals surface area contributed by atoms with E-state index in [9.17, 15) is 18.0 Å². The normalized spacial score (nSPS) is 28.4. The second-order valence-corrected chi connectivity index (χ2v) is 5.13.